The van der Waals surface area contributed by atoms with Crippen molar-refractivity contribution in [2.75, 3.05) is 0 Å². The van der Waals surface area contributed by atoms with Crippen molar-refractivity contribution in [1.82, 2.24) is 4.98 Å². The molecule has 5 aromatic rings. The fraction of sp³-hybridized carbons (Fsp3) is 0.115. The van der Waals surface area contributed by atoms with E-state index in [1.165, 1.54) is 28.3 Å². The Balaban J connectivity index is 1.74. The van der Waals surface area contributed by atoms with E-state index in [1.807, 2.05) is 24.3 Å². The third-order valence-electron chi connectivity index (χ3n) is 5.52. The lowest BCUT2D eigenvalue weighted by atomic mass is 9.93. The van der Waals surface area contributed by atoms with Gasteiger partial charge in [-0.3, -0.25) is 4.98 Å². The van der Waals surface area contributed by atoms with Gasteiger partial charge in [0, 0.05) is 29.3 Å². The van der Waals surface area contributed by atoms with E-state index >= 15 is 0 Å². The molecule has 0 saturated carbocycles. The topological polar surface area (TPSA) is 26.0 Å². The van der Waals surface area contributed by atoms with Crippen LogP contribution < -0.4 is 0 Å². The normalized spacial score (nSPS) is 11.5. The van der Waals surface area contributed by atoms with Crippen molar-refractivity contribution in [2.45, 2.75) is 20.8 Å². The fourth-order valence-electron chi connectivity index (χ4n) is 4.42. The van der Waals surface area contributed by atoms with Gasteiger partial charge in [-0.25, -0.2) is 8.78 Å². The molecule has 2 nitrogen and oxygen atoms in total. The molecule has 0 aliphatic carbocycles. The van der Waals surface area contributed by atoms with Gasteiger partial charge in [0.25, 0.3) is 0 Å². The average molecular weight is 399 g/mol. The number of rotatable bonds is 2. The maximum atomic E-state index is 14.4. The highest BCUT2D eigenvalue weighted by Crippen LogP contribution is 2.38. The van der Waals surface area contributed by atoms with Gasteiger partial charge in [-0.05, 0) is 61.2 Å². The molecule has 0 aliphatic heterocycles. The number of aryl methyl sites for hydroxylation is 3. The van der Waals surface area contributed by atoms with Crippen LogP contribution >= 0.6 is 0 Å². The smallest absolute Gasteiger partial charge is 0.144 e. The summed E-state index contributed by atoms with van der Waals surface area (Å²) in [6, 6.07) is 15.9. The summed E-state index contributed by atoms with van der Waals surface area (Å²) < 4.78 is 34.0. The Morgan fingerprint density at radius 1 is 0.867 bits per heavy atom. The van der Waals surface area contributed by atoms with E-state index in [0.29, 0.717) is 11.0 Å². The van der Waals surface area contributed by atoms with E-state index in [4.69, 9.17) is 4.42 Å². The third-order valence-corrected chi connectivity index (χ3v) is 5.52. The summed E-state index contributed by atoms with van der Waals surface area (Å²) in [5, 5.41) is 0.893. The van der Waals surface area contributed by atoms with Crippen molar-refractivity contribution in [3.63, 3.8) is 0 Å². The Labute approximate surface area is 172 Å². The molecule has 0 unspecified atom stereocenters. The van der Waals surface area contributed by atoms with Crippen LogP contribution in [0.5, 0.6) is 0 Å². The van der Waals surface area contributed by atoms with Gasteiger partial charge in [0.05, 0.1) is 11.1 Å². The van der Waals surface area contributed by atoms with Crippen molar-refractivity contribution in [3.8, 4) is 22.4 Å². The molecule has 148 valence electrons. The lowest BCUT2D eigenvalue weighted by molar-refractivity contribution is 0.584. The van der Waals surface area contributed by atoms with Crippen molar-refractivity contribution in [2.24, 2.45) is 0 Å². The zero-order chi connectivity index (χ0) is 21.0. The second kappa shape index (κ2) is 6.77. The molecule has 0 N–H and O–H groups in total. The molecular weight excluding hydrogens is 380 g/mol. The molecule has 0 atom stereocenters. The molecule has 5 rings (SSSR count). The van der Waals surface area contributed by atoms with E-state index in [2.05, 4.69) is 37.9 Å². The number of hydrogen-bond donors (Lipinski definition) is 0. The fourth-order valence-corrected chi connectivity index (χ4v) is 4.42. The maximum Gasteiger partial charge on any atom is 0.144 e. The number of nitrogens with zero attached hydrogens (tertiary/aromatic N) is 1. The third kappa shape index (κ3) is 2.88. The van der Waals surface area contributed by atoms with Gasteiger partial charge < -0.3 is 4.42 Å². The van der Waals surface area contributed by atoms with Gasteiger partial charge in [-0.15, -0.1) is 0 Å². The van der Waals surface area contributed by atoms with Crippen LogP contribution in [-0.4, -0.2) is 4.98 Å². The first kappa shape index (κ1) is 18.5. The summed E-state index contributed by atoms with van der Waals surface area (Å²) in [6.07, 6.45) is 1.77. The molecule has 0 radical (unpaired) electrons. The lowest BCUT2D eigenvalue weighted by Gasteiger charge is -2.12. The predicted molar refractivity (Wildman–Crippen MR) is 117 cm³/mol. The Morgan fingerprint density at radius 3 is 2.40 bits per heavy atom. The zero-order valence-corrected chi connectivity index (χ0v) is 16.9. The second-order valence-corrected chi connectivity index (χ2v) is 7.75. The van der Waals surface area contributed by atoms with Gasteiger partial charge in [-0.2, -0.15) is 0 Å². The highest BCUT2D eigenvalue weighted by molar-refractivity contribution is 6.09. The predicted octanol–water partition coefficient (Wildman–Crippen LogP) is 7.52. The van der Waals surface area contributed by atoms with Crippen LogP contribution in [0.15, 0.2) is 65.2 Å². The average Bonchev–Trinajstić information content (AvgIpc) is 3.05. The van der Waals surface area contributed by atoms with Crippen LogP contribution in [0.2, 0.25) is 0 Å². The van der Waals surface area contributed by atoms with Crippen molar-refractivity contribution < 1.29 is 13.2 Å². The van der Waals surface area contributed by atoms with Gasteiger partial charge in [-0.1, -0.05) is 29.8 Å². The number of halogens is 2. The SMILES string of the molecule is Cc1cc(C)c(-c2ccnc(-c3cccc4c3oc3cc(F)cc(F)c34)c2)c(C)c1. The van der Waals surface area contributed by atoms with Crippen LogP contribution in [0.4, 0.5) is 8.78 Å². The van der Waals surface area contributed by atoms with Gasteiger partial charge in [0.1, 0.15) is 22.8 Å². The molecule has 0 bridgehead atoms. The summed E-state index contributed by atoms with van der Waals surface area (Å²) in [4.78, 5) is 4.54. The summed E-state index contributed by atoms with van der Waals surface area (Å²) in [5.41, 5.74) is 8.01. The summed E-state index contributed by atoms with van der Waals surface area (Å²) in [5.74, 6) is -1.29. The number of hydrogen-bond acceptors (Lipinski definition) is 2. The zero-order valence-electron chi connectivity index (χ0n) is 16.9. The molecule has 0 fully saturated rings. The number of fused-ring (bicyclic) bond motifs is 3. The number of aromatic nitrogens is 1. The first-order valence-corrected chi connectivity index (χ1v) is 9.77. The molecule has 3 aromatic carbocycles. The Kier molecular flexibility index (Phi) is 4.17. The highest BCUT2D eigenvalue weighted by atomic mass is 19.1. The minimum Gasteiger partial charge on any atom is -0.455 e. The Morgan fingerprint density at radius 2 is 1.63 bits per heavy atom. The molecule has 2 aromatic heterocycles. The Hall–Kier alpha value is -3.53. The number of para-hydroxylation sites is 1. The van der Waals surface area contributed by atoms with Crippen molar-refractivity contribution >= 4 is 21.9 Å². The van der Waals surface area contributed by atoms with Crippen LogP contribution in [0.3, 0.4) is 0 Å². The molecule has 0 saturated heterocycles. The van der Waals surface area contributed by atoms with Gasteiger partial charge in [0.2, 0.25) is 0 Å². The second-order valence-electron chi connectivity index (χ2n) is 7.75. The van der Waals surface area contributed by atoms with Crippen molar-refractivity contribution in [3.05, 3.63) is 89.1 Å². The van der Waals surface area contributed by atoms with E-state index in [-0.39, 0.29) is 11.0 Å². The van der Waals surface area contributed by atoms with E-state index < -0.39 is 11.6 Å². The lowest BCUT2D eigenvalue weighted by Crippen LogP contribution is -1.92. The first-order chi connectivity index (χ1) is 14.4. The monoisotopic (exact) mass is 399 g/mol. The molecule has 0 aliphatic rings. The summed E-state index contributed by atoms with van der Waals surface area (Å²) >= 11 is 0. The molecule has 4 heteroatoms. The highest BCUT2D eigenvalue weighted by Gasteiger charge is 2.17. The van der Waals surface area contributed by atoms with Crippen LogP contribution in [0.25, 0.3) is 44.3 Å². The van der Waals surface area contributed by atoms with Gasteiger partial charge in [0.15, 0.2) is 0 Å². The van der Waals surface area contributed by atoms with E-state index in [0.717, 1.165) is 22.9 Å². The minimum absolute atomic E-state index is 0.191. The minimum atomic E-state index is -0.661. The largest absolute Gasteiger partial charge is 0.455 e. The summed E-state index contributed by atoms with van der Waals surface area (Å²) in [7, 11) is 0. The van der Waals surface area contributed by atoms with Crippen molar-refractivity contribution in [1.29, 1.82) is 0 Å². The van der Waals surface area contributed by atoms with E-state index in [1.54, 1.807) is 12.3 Å². The first-order valence-electron chi connectivity index (χ1n) is 9.77. The standard InChI is InChI=1S/C26H19F2NO/c1-14-9-15(2)24(16(3)10-14)17-7-8-29-22(11-17)19-5-4-6-20-25-21(28)12-18(27)13-23(25)30-26(19)20/h4-13H,1-3H3. The number of benzene rings is 3. The molecule has 0 spiro atoms. The summed E-state index contributed by atoms with van der Waals surface area (Å²) in [6.45, 7) is 6.30. The molecule has 2 heterocycles. The van der Waals surface area contributed by atoms with Crippen LogP contribution in [0, 0.1) is 32.4 Å². The molecule has 0 amide bonds. The maximum absolute atomic E-state index is 14.4. The molecular formula is C26H19F2NO. The number of pyridine rings is 1. The van der Waals surface area contributed by atoms with Crippen LogP contribution in [0.1, 0.15) is 16.7 Å². The quantitative estimate of drug-likeness (QED) is 0.307. The Bertz CT molecular complexity index is 1430. The van der Waals surface area contributed by atoms with Gasteiger partial charge >= 0.3 is 0 Å². The van der Waals surface area contributed by atoms with Crippen LogP contribution in [-0.2, 0) is 0 Å². The van der Waals surface area contributed by atoms with E-state index in [9.17, 15) is 8.78 Å². The number of furan rings is 1. The molecule has 30 heavy (non-hydrogen) atoms.